The molecule has 5 heteroatoms. The molecule has 0 spiro atoms. The van der Waals surface area contributed by atoms with E-state index in [1.807, 2.05) is 79.7 Å². The highest BCUT2D eigenvalue weighted by Gasteiger charge is 2.23. The Labute approximate surface area is 164 Å². The van der Waals surface area contributed by atoms with Crippen LogP contribution in [0.4, 0.5) is 0 Å². The van der Waals surface area contributed by atoms with Gasteiger partial charge in [-0.25, -0.2) is 8.42 Å². The van der Waals surface area contributed by atoms with Gasteiger partial charge in [0.05, 0.1) is 15.2 Å². The molecule has 0 saturated heterocycles. The summed E-state index contributed by atoms with van der Waals surface area (Å²) in [6.45, 7) is 1.95. The molecule has 0 aliphatic heterocycles. The van der Waals surface area contributed by atoms with Crippen LogP contribution in [0.1, 0.15) is 5.56 Å². The van der Waals surface area contributed by atoms with Crippen LogP contribution in [-0.2, 0) is 9.84 Å². The van der Waals surface area contributed by atoms with Crippen LogP contribution in [0.15, 0.2) is 99.6 Å². The van der Waals surface area contributed by atoms with Crippen molar-refractivity contribution in [1.29, 1.82) is 0 Å². The molecular weight excluding hydrogens is 380 g/mol. The van der Waals surface area contributed by atoms with Crippen LogP contribution in [0, 0.1) is 6.92 Å². The van der Waals surface area contributed by atoms with Crippen LogP contribution in [0.5, 0.6) is 0 Å². The van der Waals surface area contributed by atoms with E-state index in [9.17, 15) is 8.42 Å². The molecule has 0 bridgehead atoms. The Hall–Kier alpha value is -1.69. The van der Waals surface area contributed by atoms with Crippen LogP contribution in [0.3, 0.4) is 0 Å². The van der Waals surface area contributed by atoms with E-state index >= 15 is 0 Å². The van der Waals surface area contributed by atoms with Gasteiger partial charge in [0, 0.05) is 9.79 Å². The lowest BCUT2D eigenvalue weighted by molar-refractivity contribution is 0.597. The molecule has 0 saturated carbocycles. The smallest absolute Gasteiger partial charge is 0.180 e. The number of aryl methyl sites for hydroxylation is 1. The summed E-state index contributed by atoms with van der Waals surface area (Å²) in [6.07, 6.45) is 0. The van der Waals surface area contributed by atoms with Crippen molar-refractivity contribution < 1.29 is 8.42 Å². The third-order valence-corrected chi connectivity index (χ3v) is 8.47. The quantitative estimate of drug-likeness (QED) is 0.377. The number of hydrogen-bond acceptors (Lipinski definition) is 4. The standard InChI is InChI=1S/C21H20O2S3/c1-17-12-14-20(15-13-17)26(22,23)16-21(24-18-8-4-2-5-9-18)25-19-10-6-3-7-11-19/h2-15,21H,16H2,1H3. The van der Waals surface area contributed by atoms with E-state index in [4.69, 9.17) is 0 Å². The largest absolute Gasteiger partial charge is 0.224 e. The zero-order chi connectivity index (χ0) is 18.4. The summed E-state index contributed by atoms with van der Waals surface area (Å²) in [5.74, 6) is 0.0786. The van der Waals surface area contributed by atoms with Gasteiger partial charge in [-0.15, -0.1) is 23.5 Å². The molecule has 0 N–H and O–H groups in total. The molecule has 0 heterocycles. The number of rotatable bonds is 7. The lowest BCUT2D eigenvalue weighted by Gasteiger charge is -2.17. The maximum absolute atomic E-state index is 12.9. The van der Waals surface area contributed by atoms with E-state index < -0.39 is 9.84 Å². The SMILES string of the molecule is Cc1ccc(S(=O)(=O)CC(Sc2ccccc2)Sc2ccccc2)cc1. The van der Waals surface area contributed by atoms with Crippen molar-refractivity contribution >= 4 is 33.4 Å². The van der Waals surface area contributed by atoms with Crippen molar-refractivity contribution in [3.63, 3.8) is 0 Å². The average molecular weight is 401 g/mol. The minimum atomic E-state index is -3.36. The molecule has 2 nitrogen and oxygen atoms in total. The Balaban J connectivity index is 1.83. The highest BCUT2D eigenvalue weighted by atomic mass is 32.2. The van der Waals surface area contributed by atoms with Gasteiger partial charge in [0.25, 0.3) is 0 Å². The molecule has 0 unspecified atom stereocenters. The van der Waals surface area contributed by atoms with Gasteiger partial charge in [0.1, 0.15) is 0 Å². The van der Waals surface area contributed by atoms with Gasteiger partial charge in [-0.1, -0.05) is 54.1 Å². The molecular formula is C21H20O2S3. The molecule has 0 fully saturated rings. The van der Waals surface area contributed by atoms with E-state index in [0.717, 1.165) is 15.4 Å². The van der Waals surface area contributed by atoms with Gasteiger partial charge in [-0.05, 0) is 43.3 Å². The lowest BCUT2D eigenvalue weighted by Crippen LogP contribution is -2.16. The highest BCUT2D eigenvalue weighted by Crippen LogP contribution is 2.37. The first kappa shape index (κ1) is 19.1. The zero-order valence-corrected chi connectivity index (χ0v) is 16.9. The van der Waals surface area contributed by atoms with Crippen LogP contribution in [0.2, 0.25) is 0 Å². The van der Waals surface area contributed by atoms with Crippen LogP contribution < -0.4 is 0 Å². The van der Waals surface area contributed by atoms with E-state index in [1.165, 1.54) is 0 Å². The Kier molecular flexibility index (Phi) is 6.46. The van der Waals surface area contributed by atoms with Crippen molar-refractivity contribution in [1.82, 2.24) is 0 Å². The van der Waals surface area contributed by atoms with Crippen molar-refractivity contribution in [2.24, 2.45) is 0 Å². The average Bonchev–Trinajstić information content (AvgIpc) is 2.63. The van der Waals surface area contributed by atoms with Crippen LogP contribution in [0.25, 0.3) is 0 Å². The van der Waals surface area contributed by atoms with Gasteiger partial charge in [0.2, 0.25) is 0 Å². The molecule has 26 heavy (non-hydrogen) atoms. The maximum atomic E-state index is 12.9. The van der Waals surface area contributed by atoms with Crippen molar-refractivity contribution in [3.8, 4) is 0 Å². The molecule has 0 radical (unpaired) electrons. The van der Waals surface area contributed by atoms with Crippen molar-refractivity contribution in [3.05, 3.63) is 90.5 Å². The Morgan fingerprint density at radius 2 is 1.19 bits per heavy atom. The van der Waals surface area contributed by atoms with Gasteiger partial charge in [-0.2, -0.15) is 0 Å². The molecule has 0 aliphatic rings. The Morgan fingerprint density at radius 1 is 0.731 bits per heavy atom. The molecule has 0 atom stereocenters. The first-order chi connectivity index (χ1) is 12.5. The predicted octanol–water partition coefficient (Wildman–Crippen LogP) is 5.68. The van der Waals surface area contributed by atoms with Gasteiger partial charge < -0.3 is 0 Å². The van der Waals surface area contributed by atoms with Gasteiger partial charge >= 0.3 is 0 Å². The summed E-state index contributed by atoms with van der Waals surface area (Å²) in [5.41, 5.74) is 1.05. The Bertz CT molecular complexity index is 881. The Morgan fingerprint density at radius 3 is 1.65 bits per heavy atom. The third kappa shape index (κ3) is 5.40. The van der Waals surface area contributed by atoms with Crippen LogP contribution in [-0.4, -0.2) is 18.8 Å². The van der Waals surface area contributed by atoms with E-state index in [1.54, 1.807) is 35.7 Å². The minimum absolute atomic E-state index is 0.0786. The van der Waals surface area contributed by atoms with E-state index in [0.29, 0.717) is 4.90 Å². The van der Waals surface area contributed by atoms with Crippen molar-refractivity contribution in [2.75, 3.05) is 5.75 Å². The third-order valence-electron chi connectivity index (χ3n) is 3.76. The van der Waals surface area contributed by atoms with E-state index in [-0.39, 0.29) is 10.3 Å². The fourth-order valence-corrected chi connectivity index (χ4v) is 7.23. The first-order valence-corrected chi connectivity index (χ1v) is 11.7. The molecule has 3 aromatic rings. The van der Waals surface area contributed by atoms with Crippen molar-refractivity contribution in [2.45, 2.75) is 26.2 Å². The van der Waals surface area contributed by atoms with Gasteiger partial charge in [0.15, 0.2) is 9.84 Å². The summed E-state index contributed by atoms with van der Waals surface area (Å²) in [6, 6.07) is 27.0. The normalized spacial score (nSPS) is 11.6. The summed E-state index contributed by atoms with van der Waals surface area (Å²) in [7, 11) is -3.36. The number of sulfone groups is 1. The number of hydrogen-bond donors (Lipinski definition) is 0. The highest BCUT2D eigenvalue weighted by molar-refractivity contribution is 8.17. The second kappa shape index (κ2) is 8.80. The monoisotopic (exact) mass is 400 g/mol. The zero-order valence-electron chi connectivity index (χ0n) is 14.4. The molecule has 0 amide bonds. The molecule has 3 rings (SSSR count). The second-order valence-electron chi connectivity index (χ2n) is 5.89. The summed E-state index contributed by atoms with van der Waals surface area (Å²) in [5, 5.41) is 0. The molecule has 134 valence electrons. The van der Waals surface area contributed by atoms with Gasteiger partial charge in [-0.3, -0.25) is 0 Å². The fraction of sp³-hybridized carbons (Fsp3) is 0.143. The summed E-state index contributed by atoms with van der Waals surface area (Å²) in [4.78, 5) is 2.52. The number of benzene rings is 3. The minimum Gasteiger partial charge on any atom is -0.224 e. The molecule has 3 aromatic carbocycles. The number of thioether (sulfide) groups is 2. The molecule has 0 aromatic heterocycles. The first-order valence-electron chi connectivity index (χ1n) is 8.26. The maximum Gasteiger partial charge on any atom is 0.180 e. The lowest BCUT2D eigenvalue weighted by atomic mass is 10.2. The fourth-order valence-electron chi connectivity index (χ4n) is 2.41. The molecule has 0 aliphatic carbocycles. The van der Waals surface area contributed by atoms with E-state index in [2.05, 4.69) is 0 Å². The summed E-state index contributed by atoms with van der Waals surface area (Å²) >= 11 is 3.18. The summed E-state index contributed by atoms with van der Waals surface area (Å²) < 4.78 is 25.7. The topological polar surface area (TPSA) is 34.1 Å². The second-order valence-corrected chi connectivity index (χ2v) is 10.8. The predicted molar refractivity (Wildman–Crippen MR) is 112 cm³/mol. The van der Waals surface area contributed by atoms with Crippen LogP contribution >= 0.6 is 23.5 Å².